The molecule has 0 aromatic heterocycles. The molecule has 1 aromatic rings. The number of nitrogens with two attached hydrogens (primary N) is 1. The molecule has 3 aliphatic rings. The summed E-state index contributed by atoms with van der Waals surface area (Å²) in [6.07, 6.45) is 5.42. The van der Waals surface area contributed by atoms with Crippen molar-refractivity contribution in [1.82, 2.24) is 0 Å². The van der Waals surface area contributed by atoms with Crippen LogP contribution in [0.3, 0.4) is 0 Å². The van der Waals surface area contributed by atoms with Gasteiger partial charge in [0.2, 0.25) is 5.91 Å². The topological polar surface area (TPSA) is 52.3 Å². The highest BCUT2D eigenvalue weighted by molar-refractivity contribution is 5.92. The van der Waals surface area contributed by atoms with E-state index in [2.05, 4.69) is 0 Å². The van der Waals surface area contributed by atoms with Crippen LogP contribution in [-0.2, 0) is 4.74 Å². The molecule has 2 heterocycles. The standard InChI is InChI=1S/C8H9NO.C5H8O/c1-6-2-4-7(5-3-6)8(9)10;1-2-5-3-4(1)6-5/h2-5H,1H3,(H2,9,10);4-5H,1-3H2. The van der Waals surface area contributed by atoms with Gasteiger partial charge in [-0.15, -0.1) is 0 Å². The minimum atomic E-state index is -0.375. The lowest BCUT2D eigenvalue weighted by Gasteiger charge is -2.23. The van der Waals surface area contributed by atoms with E-state index >= 15 is 0 Å². The third kappa shape index (κ3) is 2.61. The molecule has 0 radical (unpaired) electrons. The second kappa shape index (κ2) is 4.66. The van der Waals surface area contributed by atoms with Crippen molar-refractivity contribution >= 4 is 5.91 Å². The zero-order chi connectivity index (χ0) is 11.5. The van der Waals surface area contributed by atoms with E-state index in [4.69, 9.17) is 10.5 Å². The summed E-state index contributed by atoms with van der Waals surface area (Å²) in [7, 11) is 0. The third-order valence-electron chi connectivity index (χ3n) is 3.06. The number of hydrogen-bond acceptors (Lipinski definition) is 2. The summed E-state index contributed by atoms with van der Waals surface area (Å²) < 4.78 is 5.25. The fraction of sp³-hybridized carbons (Fsp3) is 0.462. The Bertz CT molecular complexity index is 353. The smallest absolute Gasteiger partial charge is 0.248 e. The number of benzene rings is 1. The summed E-state index contributed by atoms with van der Waals surface area (Å²) >= 11 is 0. The molecule has 3 fully saturated rings. The summed E-state index contributed by atoms with van der Waals surface area (Å²) in [5.41, 5.74) is 6.72. The van der Waals surface area contributed by atoms with E-state index < -0.39 is 0 Å². The van der Waals surface area contributed by atoms with Crippen molar-refractivity contribution in [3.05, 3.63) is 35.4 Å². The van der Waals surface area contributed by atoms with Crippen molar-refractivity contribution in [2.24, 2.45) is 5.73 Å². The van der Waals surface area contributed by atoms with Crippen LogP contribution in [0.15, 0.2) is 24.3 Å². The van der Waals surface area contributed by atoms with Crippen LogP contribution in [0.5, 0.6) is 0 Å². The van der Waals surface area contributed by atoms with Crippen LogP contribution >= 0.6 is 0 Å². The van der Waals surface area contributed by atoms with Crippen LogP contribution in [0.2, 0.25) is 0 Å². The van der Waals surface area contributed by atoms with Crippen molar-refractivity contribution in [2.75, 3.05) is 0 Å². The lowest BCUT2D eigenvalue weighted by molar-refractivity contribution is -0.0647. The van der Waals surface area contributed by atoms with Gasteiger partial charge in [0.15, 0.2) is 0 Å². The Morgan fingerprint density at radius 2 is 1.75 bits per heavy atom. The van der Waals surface area contributed by atoms with Crippen molar-refractivity contribution in [3.8, 4) is 0 Å². The first-order chi connectivity index (χ1) is 7.65. The molecule has 86 valence electrons. The van der Waals surface area contributed by atoms with Gasteiger partial charge in [-0.2, -0.15) is 0 Å². The Morgan fingerprint density at radius 1 is 1.25 bits per heavy atom. The first kappa shape index (κ1) is 11.1. The molecule has 2 atom stereocenters. The summed E-state index contributed by atoms with van der Waals surface area (Å²) in [4.78, 5) is 10.5. The van der Waals surface area contributed by atoms with Gasteiger partial charge in [-0.3, -0.25) is 4.79 Å². The molecule has 0 spiro atoms. The number of rotatable bonds is 1. The van der Waals surface area contributed by atoms with Gasteiger partial charge >= 0.3 is 0 Å². The van der Waals surface area contributed by atoms with E-state index in [9.17, 15) is 4.79 Å². The van der Waals surface area contributed by atoms with E-state index in [1.54, 1.807) is 12.1 Å². The predicted octanol–water partition coefficient (Wildman–Crippen LogP) is 2.03. The molecule has 2 N–H and O–H groups in total. The highest BCUT2D eigenvalue weighted by atomic mass is 16.5. The number of hydrogen-bond donors (Lipinski definition) is 1. The highest BCUT2D eigenvalue weighted by Crippen LogP contribution is 2.36. The molecule has 1 saturated carbocycles. The van der Waals surface area contributed by atoms with Gasteiger partial charge in [-0.25, -0.2) is 0 Å². The number of primary amides is 1. The summed E-state index contributed by atoms with van der Waals surface area (Å²) in [5, 5.41) is 0. The second-order valence-corrected chi connectivity index (χ2v) is 4.42. The van der Waals surface area contributed by atoms with Gasteiger partial charge in [0.1, 0.15) is 0 Å². The molecule has 16 heavy (non-hydrogen) atoms. The average Bonchev–Trinajstić information content (AvgIpc) is 2.81. The first-order valence-corrected chi connectivity index (χ1v) is 5.67. The predicted molar refractivity (Wildman–Crippen MR) is 62.2 cm³/mol. The molecule has 2 aliphatic heterocycles. The monoisotopic (exact) mass is 219 g/mol. The van der Waals surface area contributed by atoms with Crippen molar-refractivity contribution in [1.29, 1.82) is 0 Å². The lowest BCUT2D eigenvalue weighted by Crippen LogP contribution is -2.25. The maximum atomic E-state index is 10.5. The normalized spacial score (nSPS) is 25.3. The quantitative estimate of drug-likeness (QED) is 0.785. The van der Waals surface area contributed by atoms with E-state index in [1.807, 2.05) is 19.1 Å². The van der Waals surface area contributed by atoms with Gasteiger partial charge in [0.05, 0.1) is 12.2 Å². The molecule has 3 nitrogen and oxygen atoms in total. The van der Waals surface area contributed by atoms with Gasteiger partial charge in [-0.1, -0.05) is 17.7 Å². The van der Waals surface area contributed by atoms with Crippen LogP contribution in [0, 0.1) is 6.92 Å². The molecule has 1 aromatic carbocycles. The van der Waals surface area contributed by atoms with E-state index in [0.29, 0.717) is 17.8 Å². The van der Waals surface area contributed by atoms with Crippen LogP contribution in [0.4, 0.5) is 0 Å². The summed E-state index contributed by atoms with van der Waals surface area (Å²) in [6.45, 7) is 1.96. The molecule has 3 heteroatoms. The zero-order valence-electron chi connectivity index (χ0n) is 9.48. The Labute approximate surface area is 95.6 Å². The van der Waals surface area contributed by atoms with Gasteiger partial charge in [-0.05, 0) is 38.3 Å². The lowest BCUT2D eigenvalue weighted by atomic mass is 10.1. The zero-order valence-corrected chi connectivity index (χ0v) is 9.48. The molecule has 2 unspecified atom stereocenters. The molecule has 1 amide bonds. The van der Waals surface area contributed by atoms with Crippen molar-refractivity contribution in [3.63, 3.8) is 0 Å². The number of amides is 1. The number of fused-ring (bicyclic) bond motifs is 1. The largest absolute Gasteiger partial charge is 0.375 e. The second-order valence-electron chi connectivity index (χ2n) is 4.42. The number of carbonyl (C=O) groups excluding carboxylic acids is 1. The van der Waals surface area contributed by atoms with E-state index in [-0.39, 0.29) is 5.91 Å². The van der Waals surface area contributed by atoms with Gasteiger partial charge in [0.25, 0.3) is 0 Å². The highest BCUT2D eigenvalue weighted by Gasteiger charge is 2.36. The Balaban J connectivity index is 0.000000134. The summed E-state index contributed by atoms with van der Waals surface area (Å²) in [6, 6.07) is 7.16. The van der Waals surface area contributed by atoms with Crippen LogP contribution in [0.1, 0.15) is 35.2 Å². The van der Waals surface area contributed by atoms with Gasteiger partial charge in [0, 0.05) is 5.56 Å². The molecular formula is C13H17NO2. The fourth-order valence-corrected chi connectivity index (χ4v) is 2.02. The molecular weight excluding hydrogens is 202 g/mol. The van der Waals surface area contributed by atoms with Gasteiger partial charge < -0.3 is 10.5 Å². The van der Waals surface area contributed by atoms with Crippen molar-refractivity contribution in [2.45, 2.75) is 38.4 Å². The maximum Gasteiger partial charge on any atom is 0.248 e. The molecule has 2 bridgehead atoms. The van der Waals surface area contributed by atoms with E-state index in [0.717, 1.165) is 5.56 Å². The maximum absolute atomic E-state index is 10.5. The van der Waals surface area contributed by atoms with Crippen LogP contribution in [0.25, 0.3) is 0 Å². The SMILES string of the molecule is C1CC2CC1O2.Cc1ccc(C(N)=O)cc1. The minimum Gasteiger partial charge on any atom is -0.375 e. The van der Waals surface area contributed by atoms with Crippen LogP contribution in [-0.4, -0.2) is 18.1 Å². The average molecular weight is 219 g/mol. The van der Waals surface area contributed by atoms with Crippen molar-refractivity contribution < 1.29 is 9.53 Å². The molecule has 4 rings (SSSR count). The number of ether oxygens (including phenoxy) is 1. The number of aryl methyl sites for hydroxylation is 1. The molecule has 1 aliphatic carbocycles. The Kier molecular flexibility index (Phi) is 3.25. The first-order valence-electron chi connectivity index (χ1n) is 5.67. The fourth-order valence-electron chi connectivity index (χ4n) is 2.02. The third-order valence-corrected chi connectivity index (χ3v) is 3.06. The van der Waals surface area contributed by atoms with Crippen LogP contribution < -0.4 is 5.73 Å². The Morgan fingerprint density at radius 3 is 2.06 bits per heavy atom. The number of carbonyl (C=O) groups is 1. The molecule has 2 saturated heterocycles. The summed E-state index contributed by atoms with van der Waals surface area (Å²) in [5.74, 6) is -0.375. The van der Waals surface area contributed by atoms with E-state index in [1.165, 1.54) is 19.3 Å². The minimum absolute atomic E-state index is 0.375. The Hall–Kier alpha value is -1.35.